The van der Waals surface area contributed by atoms with E-state index < -0.39 is 0 Å². The lowest BCUT2D eigenvalue weighted by atomic mass is 10.1. The number of benzene rings is 2. The van der Waals surface area contributed by atoms with Gasteiger partial charge in [0, 0.05) is 31.7 Å². The summed E-state index contributed by atoms with van der Waals surface area (Å²) in [7, 11) is 3.04. The van der Waals surface area contributed by atoms with Crippen LogP contribution in [-0.2, 0) is 4.74 Å². The number of amides is 2. The molecule has 2 aromatic carbocycles. The molecule has 0 bridgehead atoms. The van der Waals surface area contributed by atoms with Crippen molar-refractivity contribution in [1.29, 1.82) is 0 Å². The summed E-state index contributed by atoms with van der Waals surface area (Å²) < 4.78 is 15.8. The third-order valence-corrected chi connectivity index (χ3v) is 4.88. The molecule has 2 aromatic rings. The minimum absolute atomic E-state index is 0.230. The summed E-state index contributed by atoms with van der Waals surface area (Å²) in [6, 6.07) is 11.8. The number of rotatable bonds is 8. The molecule has 2 amide bonds. The Balaban J connectivity index is 1.64. The highest BCUT2D eigenvalue weighted by molar-refractivity contribution is 6.09. The molecule has 0 aromatic heterocycles. The SMILES string of the molecule is COc1ccc(C(=O)Nc2ccccc2C(=O)NCCN2CCOCC2)cc1OC. The number of carbonyl (C=O) groups excluding carboxylic acids is 2. The maximum absolute atomic E-state index is 12.7. The molecule has 0 aliphatic carbocycles. The second-order valence-electron chi connectivity index (χ2n) is 6.78. The van der Waals surface area contributed by atoms with Crippen molar-refractivity contribution in [3.63, 3.8) is 0 Å². The molecule has 0 spiro atoms. The van der Waals surface area contributed by atoms with E-state index in [2.05, 4.69) is 15.5 Å². The fourth-order valence-corrected chi connectivity index (χ4v) is 3.21. The Hall–Kier alpha value is -3.10. The fraction of sp³-hybridized carbons (Fsp3) is 0.364. The standard InChI is InChI=1S/C22H27N3O5/c1-28-19-8-7-16(15-20(19)29-2)21(26)24-18-6-4-3-5-17(18)22(27)23-9-10-25-11-13-30-14-12-25/h3-8,15H,9-14H2,1-2H3,(H,23,27)(H,24,26). The van der Waals surface area contributed by atoms with Crippen LogP contribution in [0.1, 0.15) is 20.7 Å². The van der Waals surface area contributed by atoms with Gasteiger partial charge < -0.3 is 24.8 Å². The number of hydrogen-bond donors (Lipinski definition) is 2. The number of nitrogens with zero attached hydrogens (tertiary/aromatic N) is 1. The molecule has 8 nitrogen and oxygen atoms in total. The highest BCUT2D eigenvalue weighted by atomic mass is 16.5. The van der Waals surface area contributed by atoms with E-state index in [-0.39, 0.29) is 11.8 Å². The van der Waals surface area contributed by atoms with Gasteiger partial charge in [0.15, 0.2) is 11.5 Å². The minimum Gasteiger partial charge on any atom is -0.493 e. The molecule has 1 fully saturated rings. The molecule has 1 saturated heterocycles. The van der Waals surface area contributed by atoms with E-state index in [0.29, 0.717) is 34.9 Å². The number of morpholine rings is 1. The van der Waals surface area contributed by atoms with Gasteiger partial charge in [0.1, 0.15) is 0 Å². The molecule has 2 N–H and O–H groups in total. The molecule has 8 heteroatoms. The van der Waals surface area contributed by atoms with Crippen molar-refractivity contribution in [1.82, 2.24) is 10.2 Å². The van der Waals surface area contributed by atoms with Crippen LogP contribution in [0.2, 0.25) is 0 Å². The van der Waals surface area contributed by atoms with Gasteiger partial charge in [-0.15, -0.1) is 0 Å². The Bertz CT molecular complexity index is 881. The Morgan fingerprint density at radius 2 is 1.73 bits per heavy atom. The topological polar surface area (TPSA) is 89.1 Å². The smallest absolute Gasteiger partial charge is 0.255 e. The van der Waals surface area contributed by atoms with E-state index in [1.807, 2.05) is 0 Å². The van der Waals surface area contributed by atoms with Crippen molar-refractivity contribution in [2.75, 3.05) is 58.9 Å². The van der Waals surface area contributed by atoms with E-state index in [9.17, 15) is 9.59 Å². The van der Waals surface area contributed by atoms with Crippen LogP contribution in [0.25, 0.3) is 0 Å². The van der Waals surface area contributed by atoms with Crippen molar-refractivity contribution >= 4 is 17.5 Å². The van der Waals surface area contributed by atoms with Gasteiger partial charge in [-0.3, -0.25) is 14.5 Å². The molecule has 1 aliphatic heterocycles. The summed E-state index contributed by atoms with van der Waals surface area (Å²) in [5.74, 6) is 0.421. The Kier molecular flexibility index (Phi) is 7.64. The first-order valence-corrected chi connectivity index (χ1v) is 9.83. The zero-order chi connectivity index (χ0) is 21.3. The second-order valence-corrected chi connectivity index (χ2v) is 6.78. The summed E-state index contributed by atoms with van der Waals surface area (Å²) in [5, 5.41) is 5.74. The predicted octanol–water partition coefficient (Wildman–Crippen LogP) is 2.02. The summed E-state index contributed by atoms with van der Waals surface area (Å²) in [4.78, 5) is 27.6. The van der Waals surface area contributed by atoms with Crippen LogP contribution in [0.5, 0.6) is 11.5 Å². The number of anilines is 1. The van der Waals surface area contributed by atoms with Crippen molar-refractivity contribution in [3.05, 3.63) is 53.6 Å². The number of methoxy groups -OCH3 is 2. The number of nitrogens with one attached hydrogen (secondary N) is 2. The molecule has 1 heterocycles. The van der Waals surface area contributed by atoms with Crippen LogP contribution in [0.4, 0.5) is 5.69 Å². The van der Waals surface area contributed by atoms with E-state index in [4.69, 9.17) is 14.2 Å². The van der Waals surface area contributed by atoms with Crippen molar-refractivity contribution in [3.8, 4) is 11.5 Å². The molecule has 0 unspecified atom stereocenters. The molecule has 0 atom stereocenters. The molecular weight excluding hydrogens is 386 g/mol. The van der Waals surface area contributed by atoms with Crippen molar-refractivity contribution in [2.45, 2.75) is 0 Å². The van der Waals surface area contributed by atoms with Crippen LogP contribution in [0.3, 0.4) is 0 Å². The second kappa shape index (κ2) is 10.6. The molecule has 160 valence electrons. The quantitative estimate of drug-likeness (QED) is 0.688. The first-order valence-electron chi connectivity index (χ1n) is 9.83. The molecular formula is C22H27N3O5. The van der Waals surface area contributed by atoms with E-state index in [1.54, 1.807) is 42.5 Å². The lowest BCUT2D eigenvalue weighted by molar-refractivity contribution is 0.0383. The molecule has 0 saturated carbocycles. The number of para-hydroxylation sites is 1. The average molecular weight is 413 g/mol. The highest BCUT2D eigenvalue weighted by Gasteiger charge is 2.16. The van der Waals surface area contributed by atoms with Crippen LogP contribution in [0, 0.1) is 0 Å². The van der Waals surface area contributed by atoms with E-state index in [0.717, 1.165) is 32.8 Å². The van der Waals surface area contributed by atoms with Gasteiger partial charge in [0.2, 0.25) is 0 Å². The largest absolute Gasteiger partial charge is 0.493 e. The van der Waals surface area contributed by atoms with Gasteiger partial charge in [0.25, 0.3) is 11.8 Å². The average Bonchev–Trinajstić information content (AvgIpc) is 2.79. The molecule has 0 radical (unpaired) electrons. The van der Waals surface area contributed by atoms with E-state index in [1.165, 1.54) is 14.2 Å². The lowest BCUT2D eigenvalue weighted by Crippen LogP contribution is -2.41. The van der Waals surface area contributed by atoms with Gasteiger partial charge in [0.05, 0.1) is 38.7 Å². The molecule has 30 heavy (non-hydrogen) atoms. The van der Waals surface area contributed by atoms with Crippen LogP contribution in [0.15, 0.2) is 42.5 Å². The first-order chi connectivity index (χ1) is 14.6. The highest BCUT2D eigenvalue weighted by Crippen LogP contribution is 2.28. The Morgan fingerprint density at radius 3 is 2.47 bits per heavy atom. The third kappa shape index (κ3) is 5.49. The monoisotopic (exact) mass is 413 g/mol. The van der Waals surface area contributed by atoms with E-state index >= 15 is 0 Å². The van der Waals surface area contributed by atoms with Crippen LogP contribution >= 0.6 is 0 Å². The zero-order valence-corrected chi connectivity index (χ0v) is 17.3. The van der Waals surface area contributed by atoms with Crippen LogP contribution < -0.4 is 20.1 Å². The van der Waals surface area contributed by atoms with Crippen LogP contribution in [-0.4, -0.2) is 70.3 Å². The van der Waals surface area contributed by atoms with Gasteiger partial charge in [-0.2, -0.15) is 0 Å². The Morgan fingerprint density at radius 1 is 1.00 bits per heavy atom. The number of ether oxygens (including phenoxy) is 3. The molecule has 3 rings (SSSR count). The minimum atomic E-state index is -0.343. The first kappa shape index (κ1) is 21.6. The van der Waals surface area contributed by atoms with Gasteiger partial charge >= 0.3 is 0 Å². The predicted molar refractivity (Wildman–Crippen MR) is 114 cm³/mol. The summed E-state index contributed by atoms with van der Waals surface area (Å²) in [6.45, 7) is 4.46. The van der Waals surface area contributed by atoms with Crippen molar-refractivity contribution in [2.24, 2.45) is 0 Å². The summed E-state index contributed by atoms with van der Waals surface area (Å²) >= 11 is 0. The summed E-state index contributed by atoms with van der Waals surface area (Å²) in [6.07, 6.45) is 0. The van der Waals surface area contributed by atoms with Crippen molar-refractivity contribution < 1.29 is 23.8 Å². The zero-order valence-electron chi connectivity index (χ0n) is 17.3. The number of hydrogen-bond acceptors (Lipinski definition) is 6. The van der Waals surface area contributed by atoms with Gasteiger partial charge in [-0.1, -0.05) is 12.1 Å². The maximum Gasteiger partial charge on any atom is 0.255 e. The lowest BCUT2D eigenvalue weighted by Gasteiger charge is -2.26. The third-order valence-electron chi connectivity index (χ3n) is 4.88. The number of carbonyl (C=O) groups is 2. The fourth-order valence-electron chi connectivity index (χ4n) is 3.21. The summed E-state index contributed by atoms with van der Waals surface area (Å²) in [5.41, 5.74) is 1.25. The Labute approximate surface area is 176 Å². The van der Waals surface area contributed by atoms with Gasteiger partial charge in [-0.25, -0.2) is 0 Å². The van der Waals surface area contributed by atoms with Gasteiger partial charge in [-0.05, 0) is 30.3 Å². The maximum atomic E-state index is 12.7. The normalized spacial score (nSPS) is 14.1. The molecule has 1 aliphatic rings.